The van der Waals surface area contributed by atoms with Gasteiger partial charge in [0.05, 0.1) is 15.6 Å². The predicted molar refractivity (Wildman–Crippen MR) is 105 cm³/mol. The summed E-state index contributed by atoms with van der Waals surface area (Å²) in [5.41, 5.74) is 2.95. The van der Waals surface area contributed by atoms with Gasteiger partial charge in [-0.15, -0.1) is 0 Å². The molecule has 5 nitrogen and oxygen atoms in total. The molecule has 1 aromatic heterocycles. The van der Waals surface area contributed by atoms with E-state index < -0.39 is 0 Å². The first-order chi connectivity index (χ1) is 13.2. The fraction of sp³-hybridized carbons (Fsp3) is 0.100. The third-order valence-electron chi connectivity index (χ3n) is 4.38. The number of benzene rings is 1. The molecule has 0 spiro atoms. The van der Waals surface area contributed by atoms with Crippen molar-refractivity contribution < 1.29 is 9.47 Å². The fourth-order valence-corrected chi connectivity index (χ4v) is 4.17. The second-order valence-corrected chi connectivity index (χ2v) is 7.60. The van der Waals surface area contributed by atoms with Crippen LogP contribution in [0.15, 0.2) is 64.8 Å². The molecule has 0 N–H and O–H groups in total. The van der Waals surface area contributed by atoms with Gasteiger partial charge in [-0.3, -0.25) is 0 Å². The van der Waals surface area contributed by atoms with E-state index in [4.69, 9.17) is 26.1 Å². The van der Waals surface area contributed by atoms with Crippen LogP contribution in [-0.2, 0) is 7.05 Å². The molecule has 0 atom stereocenters. The first kappa shape index (κ1) is 16.5. The van der Waals surface area contributed by atoms with Crippen molar-refractivity contribution in [3.05, 3.63) is 59.9 Å². The number of aryl methyl sites for hydroxylation is 1. The highest BCUT2D eigenvalue weighted by Gasteiger charge is 2.24. The molecular weight excluding hydrogens is 382 g/mol. The number of halogens is 1. The highest BCUT2D eigenvalue weighted by molar-refractivity contribution is 7.99. The number of fused-ring (bicyclic) bond motifs is 2. The van der Waals surface area contributed by atoms with Gasteiger partial charge in [0.25, 0.3) is 0 Å². The average Bonchev–Trinajstić information content (AvgIpc) is 3.29. The van der Waals surface area contributed by atoms with Gasteiger partial charge in [-0.2, -0.15) is 0 Å². The van der Waals surface area contributed by atoms with Crippen molar-refractivity contribution in [1.82, 2.24) is 14.5 Å². The molecule has 0 radical (unpaired) electrons. The van der Waals surface area contributed by atoms with Crippen LogP contribution in [0.5, 0.6) is 11.5 Å². The van der Waals surface area contributed by atoms with Crippen molar-refractivity contribution in [1.29, 1.82) is 0 Å². The van der Waals surface area contributed by atoms with Crippen molar-refractivity contribution in [2.24, 2.45) is 7.05 Å². The Bertz CT molecular complexity index is 1110. The van der Waals surface area contributed by atoms with Crippen molar-refractivity contribution >= 4 is 23.4 Å². The third kappa shape index (κ3) is 2.91. The molecule has 0 saturated carbocycles. The van der Waals surface area contributed by atoms with E-state index in [2.05, 4.69) is 11.1 Å². The second-order valence-electron chi connectivity index (χ2n) is 6.13. The van der Waals surface area contributed by atoms with Crippen LogP contribution in [0.2, 0.25) is 5.02 Å². The Labute approximate surface area is 165 Å². The third-order valence-corrected chi connectivity index (χ3v) is 5.67. The van der Waals surface area contributed by atoms with E-state index in [-0.39, 0.29) is 6.79 Å². The molecule has 0 fully saturated rings. The molecule has 0 unspecified atom stereocenters. The summed E-state index contributed by atoms with van der Waals surface area (Å²) < 4.78 is 13.0. The maximum absolute atomic E-state index is 5.98. The van der Waals surface area contributed by atoms with Crippen molar-refractivity contribution in [3.63, 3.8) is 0 Å². The highest BCUT2D eigenvalue weighted by Crippen LogP contribution is 2.45. The lowest BCUT2D eigenvalue weighted by molar-refractivity contribution is 0.174. The molecule has 5 rings (SSSR count). The Morgan fingerprint density at radius 1 is 1.11 bits per heavy atom. The van der Waals surface area contributed by atoms with Crippen LogP contribution in [0.1, 0.15) is 0 Å². The maximum atomic E-state index is 5.98. The molecule has 27 heavy (non-hydrogen) atoms. The summed E-state index contributed by atoms with van der Waals surface area (Å²) >= 11 is 7.56. The first-order valence-corrected chi connectivity index (χ1v) is 9.53. The lowest BCUT2D eigenvalue weighted by Gasteiger charge is -2.07. The van der Waals surface area contributed by atoms with E-state index in [0.29, 0.717) is 5.02 Å². The summed E-state index contributed by atoms with van der Waals surface area (Å²) in [4.78, 5) is 10.4. The van der Waals surface area contributed by atoms with Gasteiger partial charge in [0, 0.05) is 30.6 Å². The molecule has 4 heterocycles. The van der Waals surface area contributed by atoms with E-state index in [0.717, 1.165) is 44.1 Å². The van der Waals surface area contributed by atoms with Gasteiger partial charge in [0.2, 0.25) is 6.79 Å². The molecule has 1 aromatic carbocycles. The Morgan fingerprint density at radius 3 is 2.85 bits per heavy atom. The van der Waals surface area contributed by atoms with Gasteiger partial charge in [-0.25, -0.2) is 9.97 Å². The largest absolute Gasteiger partial charge is 0.454 e. The summed E-state index contributed by atoms with van der Waals surface area (Å²) in [5, 5.41) is 1.48. The lowest BCUT2D eigenvalue weighted by atomic mass is 10.1. The minimum absolute atomic E-state index is 0.250. The number of rotatable bonds is 3. The van der Waals surface area contributed by atoms with Crippen LogP contribution < -0.4 is 9.47 Å². The topological polar surface area (TPSA) is 49.2 Å². The van der Waals surface area contributed by atoms with Crippen LogP contribution >= 0.6 is 23.4 Å². The summed E-state index contributed by atoms with van der Waals surface area (Å²) in [6.45, 7) is 0.250. The number of aromatic nitrogens is 3. The van der Waals surface area contributed by atoms with Crippen LogP contribution in [0.25, 0.3) is 22.6 Å². The van der Waals surface area contributed by atoms with Gasteiger partial charge in [0.15, 0.2) is 11.5 Å². The van der Waals surface area contributed by atoms with E-state index in [1.165, 1.54) is 0 Å². The molecular formula is C20H14ClN3O2S. The zero-order valence-corrected chi connectivity index (χ0v) is 15.9. The van der Waals surface area contributed by atoms with Gasteiger partial charge in [-0.05, 0) is 42.5 Å². The molecule has 134 valence electrons. The quantitative estimate of drug-likeness (QED) is 0.482. The molecule has 3 aliphatic heterocycles. The SMILES string of the molecule is Cn1cccc2c(Sc3ccc(Cl)cn3)c(-c3ccc4c(c3)OCO4)nc1-2. The number of hydrogen-bond acceptors (Lipinski definition) is 5. The summed E-state index contributed by atoms with van der Waals surface area (Å²) in [6.07, 6.45) is 3.65. The molecule has 0 bridgehead atoms. The van der Waals surface area contributed by atoms with Crippen molar-refractivity contribution in [2.75, 3.05) is 6.79 Å². The highest BCUT2D eigenvalue weighted by atomic mass is 35.5. The molecule has 0 amide bonds. The average molecular weight is 396 g/mol. The molecule has 7 heteroatoms. The number of nitrogens with zero attached hydrogens (tertiary/aromatic N) is 3. The molecule has 2 aromatic rings. The number of pyridine rings is 2. The van der Waals surface area contributed by atoms with Crippen LogP contribution in [0.3, 0.4) is 0 Å². The number of hydrogen-bond donors (Lipinski definition) is 0. The smallest absolute Gasteiger partial charge is 0.231 e. The Hall–Kier alpha value is -2.70. The van der Waals surface area contributed by atoms with Crippen molar-refractivity contribution in [2.45, 2.75) is 9.92 Å². The number of ether oxygens (including phenoxy) is 2. The maximum Gasteiger partial charge on any atom is 0.231 e. The normalized spacial score (nSPS) is 12.7. The van der Waals surface area contributed by atoms with E-state index in [1.54, 1.807) is 18.0 Å². The zero-order chi connectivity index (χ0) is 18.4. The summed E-state index contributed by atoms with van der Waals surface area (Å²) in [5.74, 6) is 2.42. The second kappa shape index (κ2) is 6.48. The monoisotopic (exact) mass is 395 g/mol. The first-order valence-electron chi connectivity index (χ1n) is 8.33. The minimum Gasteiger partial charge on any atom is -0.454 e. The van der Waals surface area contributed by atoms with Crippen LogP contribution in [0.4, 0.5) is 0 Å². The molecule has 0 aliphatic carbocycles. The van der Waals surface area contributed by atoms with Crippen LogP contribution in [0, 0.1) is 0 Å². The zero-order valence-electron chi connectivity index (χ0n) is 14.3. The molecule has 0 saturated heterocycles. The van der Waals surface area contributed by atoms with Gasteiger partial charge < -0.3 is 14.0 Å². The van der Waals surface area contributed by atoms with Crippen molar-refractivity contribution in [3.8, 4) is 34.1 Å². The van der Waals surface area contributed by atoms with Gasteiger partial charge in [-0.1, -0.05) is 23.4 Å². The van der Waals surface area contributed by atoms with E-state index in [1.807, 2.05) is 54.2 Å². The summed E-state index contributed by atoms with van der Waals surface area (Å²) in [7, 11) is 1.99. The predicted octanol–water partition coefficient (Wildman–Crippen LogP) is 5.12. The van der Waals surface area contributed by atoms with Gasteiger partial charge >= 0.3 is 0 Å². The Kier molecular flexibility index (Phi) is 3.95. The van der Waals surface area contributed by atoms with Crippen LogP contribution in [-0.4, -0.2) is 21.3 Å². The standard InChI is InChI=1S/C20H14ClN3O2S/c1-24-8-2-3-14-19(27-17-7-5-13(21)10-22-17)18(23-20(14)24)12-4-6-15-16(9-12)26-11-25-15/h2-10H,11H2,1H3. The fourth-order valence-electron chi connectivity index (χ4n) is 3.07. The lowest BCUT2D eigenvalue weighted by Crippen LogP contribution is -1.95. The minimum atomic E-state index is 0.250. The summed E-state index contributed by atoms with van der Waals surface area (Å²) in [6, 6.07) is 13.8. The Morgan fingerprint density at radius 2 is 2.00 bits per heavy atom. The van der Waals surface area contributed by atoms with E-state index in [9.17, 15) is 0 Å². The van der Waals surface area contributed by atoms with Gasteiger partial charge in [0.1, 0.15) is 10.9 Å². The Balaban J connectivity index is 1.67. The molecule has 3 aliphatic rings. The van der Waals surface area contributed by atoms with E-state index >= 15 is 0 Å².